The summed E-state index contributed by atoms with van der Waals surface area (Å²) in [5, 5.41) is 12.0. The van der Waals surface area contributed by atoms with Crippen molar-refractivity contribution in [2.75, 3.05) is 17.3 Å². The van der Waals surface area contributed by atoms with Crippen LogP contribution >= 0.6 is 0 Å². The fourth-order valence-electron chi connectivity index (χ4n) is 5.05. The number of rotatable bonds is 8. The Morgan fingerprint density at radius 2 is 1.92 bits per heavy atom. The van der Waals surface area contributed by atoms with E-state index in [1.165, 1.54) is 12.8 Å². The van der Waals surface area contributed by atoms with E-state index in [1.807, 2.05) is 48.1 Å². The molecule has 8 heteroatoms. The van der Waals surface area contributed by atoms with Crippen molar-refractivity contribution < 1.29 is 9.59 Å². The average molecular weight is 507 g/mol. The Kier molecular flexibility index (Phi) is 7.45. The molecule has 2 heterocycles. The summed E-state index contributed by atoms with van der Waals surface area (Å²) in [7, 11) is 1.81. The van der Waals surface area contributed by atoms with Gasteiger partial charge in [-0.2, -0.15) is 5.26 Å². The van der Waals surface area contributed by atoms with E-state index >= 15 is 0 Å². The predicted octanol–water partition coefficient (Wildman–Crippen LogP) is 5.34. The quantitative estimate of drug-likeness (QED) is 0.347. The highest BCUT2D eigenvalue weighted by molar-refractivity contribution is 6.04. The van der Waals surface area contributed by atoms with Crippen molar-refractivity contribution in [1.29, 1.82) is 5.26 Å². The van der Waals surface area contributed by atoms with Crippen molar-refractivity contribution in [2.45, 2.75) is 45.1 Å². The smallest absolute Gasteiger partial charge is 0.257 e. The van der Waals surface area contributed by atoms with Gasteiger partial charge in [0.05, 0.1) is 22.7 Å². The van der Waals surface area contributed by atoms with Crippen LogP contribution in [0.4, 0.5) is 11.6 Å². The zero-order chi connectivity index (χ0) is 26.5. The molecule has 0 radical (unpaired) electrons. The lowest BCUT2D eigenvalue weighted by molar-refractivity contribution is -0.119. The Labute approximate surface area is 221 Å². The van der Waals surface area contributed by atoms with Gasteiger partial charge in [-0.15, -0.1) is 0 Å². The molecule has 1 fully saturated rings. The van der Waals surface area contributed by atoms with Gasteiger partial charge in [0, 0.05) is 43.7 Å². The molecule has 8 nitrogen and oxygen atoms in total. The van der Waals surface area contributed by atoms with E-state index in [0.29, 0.717) is 47.9 Å². The van der Waals surface area contributed by atoms with Gasteiger partial charge in [0.1, 0.15) is 0 Å². The van der Waals surface area contributed by atoms with Crippen LogP contribution < -0.4 is 10.2 Å². The molecule has 1 aliphatic rings. The third-order valence-electron chi connectivity index (χ3n) is 7.28. The van der Waals surface area contributed by atoms with Crippen LogP contribution in [0, 0.1) is 17.2 Å². The maximum absolute atomic E-state index is 13.0. The van der Waals surface area contributed by atoms with Crippen molar-refractivity contribution in [3.05, 3.63) is 83.7 Å². The highest BCUT2D eigenvalue weighted by Gasteiger charge is 2.22. The van der Waals surface area contributed by atoms with Crippen LogP contribution in [-0.4, -0.2) is 33.4 Å². The second-order valence-electron chi connectivity index (χ2n) is 9.82. The number of carbonyl (C=O) groups excluding carboxylic acids is 2. The molecule has 0 unspecified atom stereocenters. The normalized spacial score (nSPS) is 13.4. The molecule has 192 valence electrons. The minimum atomic E-state index is -0.309. The van der Waals surface area contributed by atoms with E-state index in [4.69, 9.17) is 10.2 Å². The van der Waals surface area contributed by atoms with Crippen LogP contribution in [0.3, 0.4) is 0 Å². The van der Waals surface area contributed by atoms with Crippen LogP contribution in [-0.2, 0) is 17.8 Å². The van der Waals surface area contributed by atoms with Gasteiger partial charge < -0.3 is 9.47 Å². The van der Waals surface area contributed by atoms with Crippen LogP contribution in [0.1, 0.15) is 53.6 Å². The number of aromatic nitrogens is 3. The first kappa shape index (κ1) is 25.2. The fraction of sp³-hybridized carbons (Fsp3) is 0.300. The molecule has 4 aromatic rings. The van der Waals surface area contributed by atoms with Crippen molar-refractivity contribution >= 4 is 34.5 Å². The molecule has 1 aliphatic carbocycles. The van der Waals surface area contributed by atoms with E-state index in [9.17, 15) is 9.59 Å². The molecular weight excluding hydrogens is 476 g/mol. The Bertz CT molecular complexity index is 1480. The Balaban J connectivity index is 1.42. The number of nitrogens with one attached hydrogen (secondary N) is 1. The number of hydrogen-bond acceptors (Lipinski definition) is 5. The maximum Gasteiger partial charge on any atom is 0.257 e. The van der Waals surface area contributed by atoms with E-state index in [0.717, 1.165) is 29.6 Å². The van der Waals surface area contributed by atoms with Gasteiger partial charge in [0.2, 0.25) is 11.9 Å². The van der Waals surface area contributed by atoms with Crippen molar-refractivity contribution in [2.24, 2.45) is 5.92 Å². The molecule has 1 saturated carbocycles. The molecule has 2 aromatic heterocycles. The zero-order valence-electron chi connectivity index (χ0n) is 21.4. The summed E-state index contributed by atoms with van der Waals surface area (Å²) in [4.78, 5) is 36.6. The Morgan fingerprint density at radius 1 is 1.13 bits per heavy atom. The molecule has 2 aromatic carbocycles. The van der Waals surface area contributed by atoms with Gasteiger partial charge in [-0.05, 0) is 79.3 Å². The van der Waals surface area contributed by atoms with Crippen molar-refractivity contribution in [3.63, 3.8) is 0 Å². The summed E-state index contributed by atoms with van der Waals surface area (Å²) >= 11 is 0. The van der Waals surface area contributed by atoms with E-state index in [2.05, 4.69) is 16.4 Å². The van der Waals surface area contributed by atoms with Crippen molar-refractivity contribution in [1.82, 2.24) is 14.5 Å². The molecule has 2 amide bonds. The fourth-order valence-corrected chi connectivity index (χ4v) is 5.05. The number of imidazole rings is 1. The predicted molar refractivity (Wildman–Crippen MR) is 147 cm³/mol. The standard InChI is InChI=1S/C30H30N6O2/c1-35(28(37)17-21-5-2-3-6-21)25-12-13-27-26(18-25)33-30(36(27)16-14-23-7-4-15-32-20-23)34-29(38)24-10-8-22(19-31)9-11-24/h4,7-13,15,18,20-21H,2-3,5-6,14,16-17H2,1H3,(H,33,34,38). The van der Waals surface area contributed by atoms with Gasteiger partial charge in [-0.1, -0.05) is 18.9 Å². The average Bonchev–Trinajstić information content (AvgIpc) is 3.59. The lowest BCUT2D eigenvalue weighted by atomic mass is 10.0. The van der Waals surface area contributed by atoms with E-state index < -0.39 is 0 Å². The topological polar surface area (TPSA) is 104 Å². The number of benzene rings is 2. The molecule has 0 bridgehead atoms. The third kappa shape index (κ3) is 5.57. The van der Waals surface area contributed by atoms with Crippen LogP contribution in [0.15, 0.2) is 67.0 Å². The number of hydrogen-bond donors (Lipinski definition) is 1. The molecule has 38 heavy (non-hydrogen) atoms. The first-order valence-electron chi connectivity index (χ1n) is 13.0. The molecule has 0 aliphatic heterocycles. The molecule has 0 atom stereocenters. The Hall–Kier alpha value is -4.51. The third-order valence-corrected chi connectivity index (χ3v) is 7.28. The summed E-state index contributed by atoms with van der Waals surface area (Å²) < 4.78 is 1.98. The molecule has 1 N–H and O–H groups in total. The summed E-state index contributed by atoms with van der Waals surface area (Å²) in [6.07, 6.45) is 9.52. The molecular formula is C30H30N6O2. The number of pyridine rings is 1. The first-order chi connectivity index (χ1) is 18.5. The minimum absolute atomic E-state index is 0.113. The summed E-state index contributed by atoms with van der Waals surface area (Å²) in [5.74, 6) is 0.706. The lowest BCUT2D eigenvalue weighted by Gasteiger charge is -2.19. The minimum Gasteiger partial charge on any atom is -0.315 e. The number of fused-ring (bicyclic) bond motifs is 1. The zero-order valence-corrected chi connectivity index (χ0v) is 21.4. The van der Waals surface area contributed by atoms with Gasteiger partial charge >= 0.3 is 0 Å². The summed E-state index contributed by atoms with van der Waals surface area (Å²) in [5.41, 5.74) is 4.35. The highest BCUT2D eigenvalue weighted by atomic mass is 16.2. The SMILES string of the molecule is CN(C(=O)CC1CCCC1)c1ccc2c(c1)nc(NC(=O)c1ccc(C#N)cc1)n2CCc1cccnc1. The van der Waals surface area contributed by atoms with Gasteiger partial charge in [0.15, 0.2) is 0 Å². The monoisotopic (exact) mass is 506 g/mol. The van der Waals surface area contributed by atoms with Crippen molar-refractivity contribution in [3.8, 4) is 6.07 Å². The second kappa shape index (κ2) is 11.3. The summed E-state index contributed by atoms with van der Waals surface area (Å²) in [6.45, 7) is 0.584. The number of anilines is 2. The number of nitrogens with zero attached hydrogens (tertiary/aromatic N) is 5. The van der Waals surface area contributed by atoms with Crippen LogP contribution in [0.2, 0.25) is 0 Å². The number of carbonyl (C=O) groups is 2. The molecule has 5 rings (SSSR count). The second-order valence-corrected chi connectivity index (χ2v) is 9.82. The first-order valence-corrected chi connectivity index (χ1v) is 13.0. The Morgan fingerprint density at radius 3 is 2.63 bits per heavy atom. The molecule has 0 spiro atoms. The van der Waals surface area contributed by atoms with Gasteiger partial charge in [-0.3, -0.25) is 19.9 Å². The molecule has 0 saturated heterocycles. The number of aryl methyl sites for hydroxylation is 2. The summed E-state index contributed by atoms with van der Waals surface area (Å²) in [6, 6.07) is 18.3. The van der Waals surface area contributed by atoms with E-state index in [1.54, 1.807) is 35.4 Å². The maximum atomic E-state index is 13.0. The van der Waals surface area contributed by atoms with Crippen LogP contribution in [0.5, 0.6) is 0 Å². The lowest BCUT2D eigenvalue weighted by Crippen LogP contribution is -2.27. The van der Waals surface area contributed by atoms with E-state index in [-0.39, 0.29) is 11.8 Å². The number of nitriles is 1. The van der Waals surface area contributed by atoms with Crippen LogP contribution in [0.25, 0.3) is 11.0 Å². The highest BCUT2D eigenvalue weighted by Crippen LogP contribution is 2.30. The van der Waals surface area contributed by atoms with Gasteiger partial charge in [-0.25, -0.2) is 4.98 Å². The van der Waals surface area contributed by atoms with Gasteiger partial charge in [0.25, 0.3) is 5.91 Å². The largest absolute Gasteiger partial charge is 0.315 e. The number of amides is 2.